The molecule has 0 saturated carbocycles. The summed E-state index contributed by atoms with van der Waals surface area (Å²) in [4.78, 5) is 37.0. The van der Waals surface area contributed by atoms with Crippen molar-refractivity contribution in [2.75, 3.05) is 33.3 Å². The number of ketones is 1. The number of ether oxygens (including phenoxy) is 1. The van der Waals surface area contributed by atoms with Crippen molar-refractivity contribution in [1.29, 1.82) is 0 Å². The van der Waals surface area contributed by atoms with Crippen LogP contribution in [0.3, 0.4) is 0 Å². The van der Waals surface area contributed by atoms with Crippen LogP contribution in [0.2, 0.25) is 0 Å². The van der Waals surface area contributed by atoms with Gasteiger partial charge in [-0.05, 0) is 50.6 Å². The Bertz CT molecular complexity index is 1120. The highest BCUT2D eigenvalue weighted by atomic mass is 32.1. The number of amides is 1. The lowest BCUT2D eigenvalue weighted by atomic mass is 10.1. The number of methoxy groups -OCH3 is 1. The van der Waals surface area contributed by atoms with Crippen LogP contribution in [0.15, 0.2) is 29.6 Å². The number of nitrogens with one attached hydrogen (secondary N) is 1. The first-order valence-electron chi connectivity index (χ1n) is 10.7. The predicted octanol–water partition coefficient (Wildman–Crippen LogP) is 3.92. The third-order valence-corrected chi connectivity index (χ3v) is 6.88. The van der Waals surface area contributed by atoms with E-state index in [4.69, 9.17) is 9.72 Å². The van der Waals surface area contributed by atoms with Crippen molar-refractivity contribution < 1.29 is 14.3 Å². The third kappa shape index (κ3) is 4.47. The number of hydrogen-bond acceptors (Lipinski definition) is 6. The summed E-state index contributed by atoms with van der Waals surface area (Å²) in [6.45, 7) is 8.87. The van der Waals surface area contributed by atoms with Gasteiger partial charge in [0.15, 0.2) is 5.78 Å². The van der Waals surface area contributed by atoms with Gasteiger partial charge in [-0.3, -0.25) is 14.5 Å². The topological polar surface area (TPSA) is 78.5 Å². The van der Waals surface area contributed by atoms with Crippen molar-refractivity contribution in [3.05, 3.63) is 57.9 Å². The second kappa shape index (κ2) is 9.26. The van der Waals surface area contributed by atoms with Gasteiger partial charge in [0.05, 0.1) is 12.8 Å². The van der Waals surface area contributed by atoms with Gasteiger partial charge >= 0.3 is 0 Å². The summed E-state index contributed by atoms with van der Waals surface area (Å²) in [5.74, 6) is 0.783. The summed E-state index contributed by atoms with van der Waals surface area (Å²) in [5.41, 5.74) is 4.79. The first-order chi connectivity index (χ1) is 15.4. The number of aromatic amines is 1. The van der Waals surface area contributed by atoms with Gasteiger partial charge in [-0.25, -0.2) is 4.98 Å². The summed E-state index contributed by atoms with van der Waals surface area (Å²) in [6, 6.07) is 7.93. The van der Waals surface area contributed by atoms with Crippen LogP contribution in [0.1, 0.15) is 44.7 Å². The second-order valence-electron chi connectivity index (χ2n) is 8.12. The Kier molecular flexibility index (Phi) is 6.43. The number of nitrogens with zero attached hydrogens (tertiary/aromatic N) is 3. The predicted molar refractivity (Wildman–Crippen MR) is 126 cm³/mol. The lowest BCUT2D eigenvalue weighted by Crippen LogP contribution is -2.48. The molecule has 0 atom stereocenters. The molecule has 8 heteroatoms. The molecule has 1 aromatic carbocycles. The largest absolute Gasteiger partial charge is 0.497 e. The van der Waals surface area contributed by atoms with E-state index in [0.29, 0.717) is 24.3 Å². The first-order valence-corrected chi connectivity index (χ1v) is 11.6. The van der Waals surface area contributed by atoms with E-state index in [0.717, 1.165) is 52.9 Å². The highest BCUT2D eigenvalue weighted by Gasteiger charge is 2.27. The number of H-pyrrole nitrogens is 1. The number of carbonyl (C=O) groups excluding carboxylic acids is 2. The molecule has 1 fully saturated rings. The quantitative estimate of drug-likeness (QED) is 0.574. The minimum absolute atomic E-state index is 0.0163. The monoisotopic (exact) mass is 452 g/mol. The second-order valence-corrected chi connectivity index (χ2v) is 8.98. The zero-order valence-corrected chi connectivity index (χ0v) is 19.7. The van der Waals surface area contributed by atoms with Crippen molar-refractivity contribution in [1.82, 2.24) is 19.8 Å². The molecule has 0 aliphatic carbocycles. The van der Waals surface area contributed by atoms with Crippen LogP contribution >= 0.6 is 11.3 Å². The summed E-state index contributed by atoms with van der Waals surface area (Å²) in [6.07, 6.45) is 0. The number of carbonyl (C=O) groups is 2. The maximum Gasteiger partial charge on any atom is 0.270 e. The van der Waals surface area contributed by atoms with Crippen LogP contribution in [0.25, 0.3) is 10.6 Å². The molecule has 168 valence electrons. The average molecular weight is 453 g/mol. The standard InChI is InChI=1S/C24H28N4O3S/c1-15-21(17(3)29)16(2)25-22(15)24(30)28-11-9-27(10-12-28)13-19-14-32-23(26-19)18-5-7-20(31-4)8-6-18/h5-8,14,25H,9-13H2,1-4H3. The molecule has 1 saturated heterocycles. The molecular weight excluding hydrogens is 424 g/mol. The molecule has 0 radical (unpaired) electrons. The number of hydrogen-bond donors (Lipinski definition) is 1. The molecule has 3 heterocycles. The Morgan fingerprint density at radius 3 is 2.41 bits per heavy atom. The minimum Gasteiger partial charge on any atom is -0.497 e. The average Bonchev–Trinajstić information content (AvgIpc) is 3.37. The van der Waals surface area contributed by atoms with Crippen LogP contribution < -0.4 is 4.74 Å². The molecule has 2 aromatic heterocycles. The summed E-state index contributed by atoms with van der Waals surface area (Å²) in [7, 11) is 1.66. The molecule has 32 heavy (non-hydrogen) atoms. The zero-order valence-electron chi connectivity index (χ0n) is 18.9. The van der Waals surface area contributed by atoms with Crippen LogP contribution in [0, 0.1) is 13.8 Å². The number of rotatable bonds is 6. The smallest absolute Gasteiger partial charge is 0.270 e. The highest BCUT2D eigenvalue weighted by molar-refractivity contribution is 7.13. The molecule has 0 unspecified atom stereocenters. The molecule has 1 amide bonds. The van der Waals surface area contributed by atoms with Crippen molar-refractivity contribution in [2.45, 2.75) is 27.3 Å². The van der Waals surface area contributed by atoms with Gasteiger partial charge in [0.2, 0.25) is 0 Å². The van der Waals surface area contributed by atoms with E-state index in [1.165, 1.54) is 6.92 Å². The molecule has 4 rings (SSSR count). The molecule has 1 aliphatic rings. The Morgan fingerprint density at radius 2 is 1.81 bits per heavy atom. The lowest BCUT2D eigenvalue weighted by molar-refractivity contribution is 0.0621. The molecule has 7 nitrogen and oxygen atoms in total. The van der Waals surface area contributed by atoms with E-state index in [-0.39, 0.29) is 11.7 Å². The fraction of sp³-hybridized carbons (Fsp3) is 0.375. The van der Waals surface area contributed by atoms with Crippen molar-refractivity contribution >= 4 is 23.0 Å². The number of aryl methyl sites for hydroxylation is 1. The Hall–Kier alpha value is -2.97. The minimum atomic E-state index is -0.0341. The van der Waals surface area contributed by atoms with Crippen LogP contribution in [0.5, 0.6) is 5.75 Å². The Balaban J connectivity index is 1.35. The fourth-order valence-electron chi connectivity index (χ4n) is 4.23. The number of thiazole rings is 1. The molecule has 0 bridgehead atoms. The van der Waals surface area contributed by atoms with Gasteiger partial charge < -0.3 is 14.6 Å². The van der Waals surface area contributed by atoms with Gasteiger partial charge in [0.25, 0.3) is 5.91 Å². The van der Waals surface area contributed by atoms with E-state index in [1.807, 2.05) is 43.0 Å². The highest BCUT2D eigenvalue weighted by Crippen LogP contribution is 2.26. The Morgan fingerprint density at radius 1 is 1.12 bits per heavy atom. The number of Topliss-reactive ketones (excluding diaryl/α,β-unsaturated/α-hetero) is 1. The van der Waals surface area contributed by atoms with E-state index in [9.17, 15) is 9.59 Å². The van der Waals surface area contributed by atoms with Crippen molar-refractivity contribution in [2.24, 2.45) is 0 Å². The van der Waals surface area contributed by atoms with Gasteiger partial charge in [-0.15, -0.1) is 11.3 Å². The van der Waals surface area contributed by atoms with Crippen LogP contribution in [0.4, 0.5) is 0 Å². The third-order valence-electron chi connectivity index (χ3n) is 5.94. The number of piperazine rings is 1. The molecule has 3 aromatic rings. The number of benzene rings is 1. The van der Waals surface area contributed by atoms with Crippen LogP contribution in [-0.4, -0.2) is 64.7 Å². The molecule has 1 N–H and O–H groups in total. The first kappa shape index (κ1) is 22.2. The zero-order chi connectivity index (χ0) is 22.8. The lowest BCUT2D eigenvalue weighted by Gasteiger charge is -2.34. The van der Waals surface area contributed by atoms with Gasteiger partial charge in [0.1, 0.15) is 16.5 Å². The van der Waals surface area contributed by atoms with Gasteiger partial charge in [-0.1, -0.05) is 0 Å². The normalized spacial score (nSPS) is 14.6. The fourth-order valence-corrected chi connectivity index (χ4v) is 5.05. The Labute approximate surface area is 192 Å². The molecule has 0 spiro atoms. The van der Waals surface area contributed by atoms with E-state index in [1.54, 1.807) is 18.4 Å². The summed E-state index contributed by atoms with van der Waals surface area (Å²) in [5, 5.41) is 3.10. The van der Waals surface area contributed by atoms with Crippen molar-refractivity contribution in [3.63, 3.8) is 0 Å². The maximum atomic E-state index is 13.0. The SMILES string of the molecule is COc1ccc(-c2nc(CN3CCN(C(=O)c4[nH]c(C)c(C(C)=O)c4C)CC3)cs2)cc1. The van der Waals surface area contributed by atoms with E-state index < -0.39 is 0 Å². The van der Waals surface area contributed by atoms with Crippen LogP contribution in [-0.2, 0) is 6.54 Å². The number of aromatic nitrogens is 2. The molecule has 1 aliphatic heterocycles. The summed E-state index contributed by atoms with van der Waals surface area (Å²) >= 11 is 1.64. The maximum absolute atomic E-state index is 13.0. The van der Waals surface area contributed by atoms with Gasteiger partial charge in [0, 0.05) is 54.9 Å². The summed E-state index contributed by atoms with van der Waals surface area (Å²) < 4.78 is 5.22. The van der Waals surface area contributed by atoms with Crippen molar-refractivity contribution in [3.8, 4) is 16.3 Å². The van der Waals surface area contributed by atoms with E-state index >= 15 is 0 Å². The van der Waals surface area contributed by atoms with Gasteiger partial charge in [-0.2, -0.15) is 0 Å². The molecular formula is C24H28N4O3S. The van der Waals surface area contributed by atoms with E-state index in [2.05, 4.69) is 15.3 Å².